The molecule has 0 saturated heterocycles. The molecule has 3 aromatic rings. The monoisotopic (exact) mass is 476 g/mol. The van der Waals surface area contributed by atoms with Gasteiger partial charge < -0.3 is 14.2 Å². The van der Waals surface area contributed by atoms with Crippen molar-refractivity contribution >= 4 is 5.97 Å². The van der Waals surface area contributed by atoms with Gasteiger partial charge in [-0.3, -0.25) is 0 Å². The van der Waals surface area contributed by atoms with E-state index in [4.69, 9.17) is 9.47 Å². The Bertz CT molecular complexity index is 1130. The number of aromatic nitrogens is 4. The molecule has 0 aliphatic heterocycles. The minimum Gasteiger partial charge on any atom is -0.465 e. The lowest BCUT2D eigenvalue weighted by atomic mass is 10.2. The standard InChI is InChI=1S/C19H14F6N4O4/c1-2-31-16(30)10-32-15-9-13(19(23,24)25)28-29(15)17-26-7-6-14(27-17)33-12-5-3-4-11(8-12)18(20,21)22/h3-9H,2,10H2,1H3. The van der Waals surface area contributed by atoms with Crippen LogP contribution in [0.25, 0.3) is 5.95 Å². The highest BCUT2D eigenvalue weighted by Crippen LogP contribution is 2.33. The lowest BCUT2D eigenvalue weighted by Gasteiger charge is -2.11. The van der Waals surface area contributed by atoms with E-state index < -0.39 is 48.0 Å². The van der Waals surface area contributed by atoms with Crippen LogP contribution in [0.4, 0.5) is 26.3 Å². The van der Waals surface area contributed by atoms with Gasteiger partial charge in [-0.15, -0.1) is 0 Å². The third kappa shape index (κ3) is 6.11. The van der Waals surface area contributed by atoms with E-state index in [1.807, 2.05) is 0 Å². The molecule has 14 heteroatoms. The number of alkyl halides is 6. The molecule has 2 aromatic heterocycles. The molecule has 0 N–H and O–H groups in total. The fraction of sp³-hybridized carbons (Fsp3) is 0.263. The highest BCUT2D eigenvalue weighted by molar-refractivity contribution is 5.71. The zero-order chi connectivity index (χ0) is 24.2. The molecule has 0 radical (unpaired) electrons. The highest BCUT2D eigenvalue weighted by atomic mass is 19.4. The van der Waals surface area contributed by atoms with Crippen LogP contribution in [-0.2, 0) is 21.9 Å². The Morgan fingerprint density at radius 3 is 2.48 bits per heavy atom. The van der Waals surface area contributed by atoms with Crippen LogP contribution in [0.5, 0.6) is 17.5 Å². The summed E-state index contributed by atoms with van der Waals surface area (Å²) in [4.78, 5) is 19.2. The van der Waals surface area contributed by atoms with E-state index >= 15 is 0 Å². The van der Waals surface area contributed by atoms with Crippen molar-refractivity contribution in [2.24, 2.45) is 0 Å². The van der Waals surface area contributed by atoms with Crippen molar-refractivity contribution in [3.63, 3.8) is 0 Å². The summed E-state index contributed by atoms with van der Waals surface area (Å²) in [6, 6.07) is 5.63. The Labute approximate surface area is 181 Å². The zero-order valence-corrected chi connectivity index (χ0v) is 16.6. The van der Waals surface area contributed by atoms with Gasteiger partial charge in [0.1, 0.15) is 5.75 Å². The number of ether oxygens (including phenoxy) is 3. The lowest BCUT2D eigenvalue weighted by Crippen LogP contribution is -2.16. The average Bonchev–Trinajstić information content (AvgIpc) is 3.17. The van der Waals surface area contributed by atoms with E-state index in [9.17, 15) is 31.1 Å². The number of rotatable bonds is 7. The van der Waals surface area contributed by atoms with E-state index in [-0.39, 0.29) is 18.2 Å². The van der Waals surface area contributed by atoms with Gasteiger partial charge in [-0.1, -0.05) is 6.07 Å². The average molecular weight is 476 g/mol. The molecule has 0 saturated carbocycles. The van der Waals surface area contributed by atoms with E-state index in [1.165, 1.54) is 19.1 Å². The summed E-state index contributed by atoms with van der Waals surface area (Å²) in [5, 5.41) is 3.36. The van der Waals surface area contributed by atoms with E-state index in [0.717, 1.165) is 24.4 Å². The van der Waals surface area contributed by atoms with Gasteiger partial charge in [0.25, 0.3) is 5.95 Å². The summed E-state index contributed by atoms with van der Waals surface area (Å²) in [6.45, 7) is 0.859. The van der Waals surface area contributed by atoms with Crippen molar-refractivity contribution < 1.29 is 45.3 Å². The van der Waals surface area contributed by atoms with E-state index in [0.29, 0.717) is 10.7 Å². The summed E-state index contributed by atoms with van der Waals surface area (Å²) >= 11 is 0. The Kier molecular flexibility index (Phi) is 6.74. The molecule has 33 heavy (non-hydrogen) atoms. The minimum absolute atomic E-state index is 0.0350. The number of hydrogen-bond donors (Lipinski definition) is 0. The number of hydrogen-bond acceptors (Lipinski definition) is 7. The molecule has 0 unspecified atom stereocenters. The normalized spacial score (nSPS) is 11.8. The second kappa shape index (κ2) is 9.34. The zero-order valence-electron chi connectivity index (χ0n) is 16.6. The molecule has 2 heterocycles. The Morgan fingerprint density at radius 1 is 1.06 bits per heavy atom. The molecule has 0 amide bonds. The van der Waals surface area contributed by atoms with Gasteiger partial charge >= 0.3 is 18.3 Å². The first-order valence-corrected chi connectivity index (χ1v) is 9.11. The molecule has 0 atom stereocenters. The first-order valence-electron chi connectivity index (χ1n) is 9.11. The maximum absolute atomic E-state index is 13.1. The minimum atomic E-state index is -4.85. The smallest absolute Gasteiger partial charge is 0.435 e. The van der Waals surface area contributed by atoms with Crippen molar-refractivity contribution in [3.05, 3.63) is 53.9 Å². The van der Waals surface area contributed by atoms with Gasteiger partial charge in [-0.2, -0.15) is 41.1 Å². The summed E-state index contributed by atoms with van der Waals surface area (Å²) in [6.07, 6.45) is -8.36. The van der Waals surface area contributed by atoms with Crippen LogP contribution in [-0.4, -0.2) is 38.9 Å². The molecule has 3 rings (SSSR count). The van der Waals surface area contributed by atoms with Crippen molar-refractivity contribution in [1.82, 2.24) is 19.7 Å². The van der Waals surface area contributed by atoms with E-state index in [1.54, 1.807) is 0 Å². The van der Waals surface area contributed by atoms with Crippen molar-refractivity contribution in [2.45, 2.75) is 19.3 Å². The molecular weight excluding hydrogens is 462 g/mol. The quantitative estimate of drug-likeness (QED) is 0.368. The highest BCUT2D eigenvalue weighted by Gasteiger charge is 2.36. The van der Waals surface area contributed by atoms with Crippen LogP contribution in [0.15, 0.2) is 42.6 Å². The predicted octanol–water partition coefficient (Wildman–Crippen LogP) is 4.43. The number of carbonyl (C=O) groups is 1. The molecule has 0 bridgehead atoms. The summed E-state index contributed by atoms with van der Waals surface area (Å²) in [5.41, 5.74) is -2.32. The second-order valence-electron chi connectivity index (χ2n) is 6.19. The van der Waals surface area contributed by atoms with Gasteiger partial charge in [0.15, 0.2) is 12.3 Å². The fourth-order valence-corrected chi connectivity index (χ4v) is 2.43. The van der Waals surface area contributed by atoms with Gasteiger partial charge in [0.2, 0.25) is 11.8 Å². The molecule has 0 spiro atoms. The second-order valence-corrected chi connectivity index (χ2v) is 6.19. The summed E-state index contributed by atoms with van der Waals surface area (Å²) in [5.74, 6) is -2.30. The van der Waals surface area contributed by atoms with Crippen molar-refractivity contribution in [3.8, 4) is 23.5 Å². The number of esters is 1. The van der Waals surface area contributed by atoms with Crippen LogP contribution >= 0.6 is 0 Å². The fourth-order valence-electron chi connectivity index (χ4n) is 2.43. The lowest BCUT2D eigenvalue weighted by molar-refractivity contribution is -0.145. The molecule has 0 aliphatic carbocycles. The van der Waals surface area contributed by atoms with E-state index in [2.05, 4.69) is 19.8 Å². The number of halogens is 6. The summed E-state index contributed by atoms with van der Waals surface area (Å²) in [7, 11) is 0. The topological polar surface area (TPSA) is 88.4 Å². The number of nitrogens with zero attached hydrogens (tertiary/aromatic N) is 4. The number of carbonyl (C=O) groups excluding carboxylic acids is 1. The van der Waals surface area contributed by atoms with Crippen LogP contribution in [0, 0.1) is 0 Å². The van der Waals surface area contributed by atoms with Crippen LogP contribution in [0.1, 0.15) is 18.2 Å². The Hall–Kier alpha value is -3.84. The Balaban J connectivity index is 1.91. The first kappa shape index (κ1) is 23.8. The third-order valence-corrected chi connectivity index (χ3v) is 3.80. The first-order chi connectivity index (χ1) is 15.5. The largest absolute Gasteiger partial charge is 0.465 e. The molecular formula is C19H14F6N4O4. The molecule has 176 valence electrons. The van der Waals surface area contributed by atoms with Crippen LogP contribution in [0.3, 0.4) is 0 Å². The van der Waals surface area contributed by atoms with Crippen molar-refractivity contribution in [1.29, 1.82) is 0 Å². The maximum atomic E-state index is 13.1. The number of benzene rings is 1. The molecule has 0 fully saturated rings. The predicted molar refractivity (Wildman–Crippen MR) is 97.8 cm³/mol. The van der Waals surface area contributed by atoms with Gasteiger partial charge in [0, 0.05) is 18.3 Å². The van der Waals surface area contributed by atoms with Crippen LogP contribution in [0.2, 0.25) is 0 Å². The van der Waals surface area contributed by atoms with Gasteiger partial charge in [0.05, 0.1) is 12.2 Å². The van der Waals surface area contributed by atoms with Crippen LogP contribution < -0.4 is 9.47 Å². The SMILES string of the molecule is CCOC(=O)COc1cc(C(F)(F)F)nn1-c1nccc(Oc2cccc(C(F)(F)F)c2)n1. The summed E-state index contributed by atoms with van der Waals surface area (Å²) < 4.78 is 93.6. The molecule has 0 aliphatic rings. The molecule has 1 aromatic carbocycles. The van der Waals surface area contributed by atoms with Gasteiger partial charge in [-0.25, -0.2) is 9.78 Å². The maximum Gasteiger partial charge on any atom is 0.435 e. The molecule has 8 nitrogen and oxygen atoms in total. The van der Waals surface area contributed by atoms with Crippen molar-refractivity contribution in [2.75, 3.05) is 13.2 Å². The van der Waals surface area contributed by atoms with Gasteiger partial charge in [-0.05, 0) is 25.1 Å². The third-order valence-electron chi connectivity index (χ3n) is 3.80. The Morgan fingerprint density at radius 2 is 1.82 bits per heavy atom.